The summed E-state index contributed by atoms with van der Waals surface area (Å²) in [6.45, 7) is -2.77. The molecule has 84 valence electrons. The Morgan fingerprint density at radius 1 is 1.40 bits per heavy atom. The van der Waals surface area contributed by atoms with Gasteiger partial charge in [0.05, 0.1) is 3.57 Å². The maximum Gasteiger partial charge on any atom is 0.387 e. The minimum absolute atomic E-state index is 0.222. The highest BCUT2D eigenvalue weighted by Crippen LogP contribution is 2.24. The van der Waals surface area contributed by atoms with Crippen LogP contribution in [0.2, 0.25) is 0 Å². The van der Waals surface area contributed by atoms with Crippen molar-refractivity contribution in [2.45, 2.75) is 19.5 Å². The molecule has 15 heavy (non-hydrogen) atoms. The quantitative estimate of drug-likeness (QED) is 0.577. The molecule has 5 heteroatoms. The fourth-order valence-electron chi connectivity index (χ4n) is 1.16. The van der Waals surface area contributed by atoms with Gasteiger partial charge in [-0.2, -0.15) is 8.78 Å². The van der Waals surface area contributed by atoms with E-state index in [9.17, 15) is 8.78 Å². The van der Waals surface area contributed by atoms with Crippen LogP contribution < -0.4 is 4.74 Å². The molecule has 1 aromatic carbocycles. The third kappa shape index (κ3) is 4.51. The van der Waals surface area contributed by atoms with Crippen LogP contribution in [-0.4, -0.2) is 12.5 Å². The predicted molar refractivity (Wildman–Crippen MR) is 64.8 cm³/mol. The molecule has 0 radical (unpaired) electrons. The van der Waals surface area contributed by atoms with E-state index in [1.54, 1.807) is 12.1 Å². The first kappa shape index (κ1) is 13.0. The van der Waals surface area contributed by atoms with Crippen LogP contribution >= 0.6 is 34.2 Å². The SMILES string of the molecule is FC(F)Oc1ccc(CCCCl)cc1I. The van der Waals surface area contributed by atoms with Gasteiger partial charge in [-0.25, -0.2) is 0 Å². The minimum atomic E-state index is -2.77. The molecule has 1 aromatic rings. The van der Waals surface area contributed by atoms with Crippen molar-refractivity contribution < 1.29 is 13.5 Å². The molecule has 0 aliphatic heterocycles. The van der Waals surface area contributed by atoms with E-state index in [2.05, 4.69) is 4.74 Å². The van der Waals surface area contributed by atoms with Crippen molar-refractivity contribution in [3.05, 3.63) is 27.3 Å². The number of ether oxygens (including phenoxy) is 1. The molecule has 1 rings (SSSR count). The van der Waals surface area contributed by atoms with Gasteiger partial charge in [-0.05, 0) is 53.1 Å². The van der Waals surface area contributed by atoms with Crippen molar-refractivity contribution in [3.63, 3.8) is 0 Å². The molecule has 0 saturated heterocycles. The predicted octanol–water partition coefficient (Wildman–Crippen LogP) is 4.06. The summed E-state index contributed by atoms with van der Waals surface area (Å²) >= 11 is 7.55. The van der Waals surface area contributed by atoms with E-state index in [0.717, 1.165) is 18.4 Å². The van der Waals surface area contributed by atoms with Gasteiger partial charge in [0, 0.05) is 5.88 Å². The van der Waals surface area contributed by atoms with Crippen molar-refractivity contribution in [2.24, 2.45) is 0 Å². The first-order valence-electron chi connectivity index (χ1n) is 4.42. The van der Waals surface area contributed by atoms with Crippen LogP contribution in [-0.2, 0) is 6.42 Å². The highest BCUT2D eigenvalue weighted by Gasteiger charge is 2.08. The maximum atomic E-state index is 12.0. The van der Waals surface area contributed by atoms with E-state index in [4.69, 9.17) is 11.6 Å². The largest absolute Gasteiger partial charge is 0.434 e. The Balaban J connectivity index is 2.70. The molecular weight excluding hydrogens is 336 g/mol. The summed E-state index contributed by atoms with van der Waals surface area (Å²) in [5.41, 5.74) is 1.08. The number of hydrogen-bond donors (Lipinski definition) is 0. The molecule has 0 spiro atoms. The van der Waals surface area contributed by atoms with Crippen molar-refractivity contribution >= 4 is 34.2 Å². The Hall–Kier alpha value is -0.100. The number of alkyl halides is 3. The van der Waals surface area contributed by atoms with E-state index in [1.807, 2.05) is 28.7 Å². The van der Waals surface area contributed by atoms with Crippen LogP contribution in [0.4, 0.5) is 8.78 Å². The third-order valence-electron chi connectivity index (χ3n) is 1.81. The standard InChI is InChI=1S/C10H10ClF2IO/c11-5-1-2-7-3-4-9(8(14)6-7)15-10(12)13/h3-4,6,10H,1-2,5H2. The Morgan fingerprint density at radius 3 is 2.67 bits per heavy atom. The molecule has 0 bridgehead atoms. The van der Waals surface area contributed by atoms with Crippen LogP contribution in [0, 0.1) is 3.57 Å². The molecule has 1 nitrogen and oxygen atoms in total. The second kappa shape index (κ2) is 6.48. The van der Waals surface area contributed by atoms with E-state index in [0.29, 0.717) is 9.45 Å². The lowest BCUT2D eigenvalue weighted by molar-refractivity contribution is -0.0504. The Labute approximate surface area is 106 Å². The van der Waals surface area contributed by atoms with Crippen molar-refractivity contribution in [3.8, 4) is 5.75 Å². The Morgan fingerprint density at radius 2 is 2.13 bits per heavy atom. The molecule has 0 fully saturated rings. The second-order valence-electron chi connectivity index (χ2n) is 2.94. The van der Waals surface area contributed by atoms with Gasteiger partial charge in [0.2, 0.25) is 0 Å². The topological polar surface area (TPSA) is 9.23 Å². The number of aryl methyl sites for hydroxylation is 1. The van der Waals surface area contributed by atoms with Gasteiger partial charge in [0.25, 0.3) is 0 Å². The summed E-state index contributed by atoms with van der Waals surface area (Å²) in [5, 5.41) is 0. The zero-order valence-electron chi connectivity index (χ0n) is 7.85. The Bertz CT molecular complexity index is 320. The summed E-state index contributed by atoms with van der Waals surface area (Å²) in [6.07, 6.45) is 1.74. The first-order valence-corrected chi connectivity index (χ1v) is 6.04. The van der Waals surface area contributed by atoms with E-state index < -0.39 is 6.61 Å². The molecule has 0 atom stereocenters. The Kier molecular flexibility index (Phi) is 5.60. The fourth-order valence-corrected chi connectivity index (χ4v) is 2.00. The van der Waals surface area contributed by atoms with E-state index in [-0.39, 0.29) is 5.75 Å². The molecule has 0 amide bonds. The normalized spacial score (nSPS) is 10.7. The lowest BCUT2D eigenvalue weighted by atomic mass is 10.1. The minimum Gasteiger partial charge on any atom is -0.434 e. The summed E-state index contributed by atoms with van der Waals surface area (Å²) in [5.74, 6) is 0.825. The maximum absolute atomic E-state index is 12.0. The number of hydrogen-bond acceptors (Lipinski definition) is 1. The molecule has 0 saturated carbocycles. The van der Waals surface area contributed by atoms with Crippen LogP contribution in [0.25, 0.3) is 0 Å². The smallest absolute Gasteiger partial charge is 0.387 e. The van der Waals surface area contributed by atoms with E-state index in [1.165, 1.54) is 0 Å². The average Bonchev–Trinajstić information content (AvgIpc) is 2.18. The average molecular weight is 347 g/mol. The van der Waals surface area contributed by atoms with Gasteiger partial charge < -0.3 is 4.74 Å². The van der Waals surface area contributed by atoms with E-state index >= 15 is 0 Å². The molecule has 0 unspecified atom stereocenters. The van der Waals surface area contributed by atoms with Gasteiger partial charge in [0.15, 0.2) is 0 Å². The fraction of sp³-hybridized carbons (Fsp3) is 0.400. The lowest BCUT2D eigenvalue weighted by Gasteiger charge is -2.08. The van der Waals surface area contributed by atoms with Crippen molar-refractivity contribution in [1.29, 1.82) is 0 Å². The van der Waals surface area contributed by atoms with Crippen LogP contribution in [0.3, 0.4) is 0 Å². The summed E-state index contributed by atoms with van der Waals surface area (Å²) in [7, 11) is 0. The highest BCUT2D eigenvalue weighted by molar-refractivity contribution is 14.1. The monoisotopic (exact) mass is 346 g/mol. The number of benzene rings is 1. The molecular formula is C10H10ClF2IO. The van der Waals surface area contributed by atoms with Crippen LogP contribution in [0.5, 0.6) is 5.75 Å². The second-order valence-corrected chi connectivity index (χ2v) is 4.48. The van der Waals surface area contributed by atoms with Gasteiger partial charge in [-0.1, -0.05) is 6.07 Å². The van der Waals surface area contributed by atoms with Gasteiger partial charge in [-0.3, -0.25) is 0 Å². The first-order chi connectivity index (χ1) is 7.13. The van der Waals surface area contributed by atoms with Crippen molar-refractivity contribution in [1.82, 2.24) is 0 Å². The zero-order chi connectivity index (χ0) is 11.3. The summed E-state index contributed by atoms with van der Waals surface area (Å²) in [6, 6.07) is 5.19. The summed E-state index contributed by atoms with van der Waals surface area (Å²) in [4.78, 5) is 0. The summed E-state index contributed by atoms with van der Waals surface area (Å²) < 4.78 is 29.0. The van der Waals surface area contributed by atoms with Gasteiger partial charge >= 0.3 is 6.61 Å². The highest BCUT2D eigenvalue weighted by atomic mass is 127. The number of halogens is 4. The van der Waals surface area contributed by atoms with Crippen molar-refractivity contribution in [2.75, 3.05) is 5.88 Å². The van der Waals surface area contributed by atoms with Gasteiger partial charge in [0.1, 0.15) is 5.75 Å². The molecule has 0 aromatic heterocycles. The molecule has 0 heterocycles. The van der Waals surface area contributed by atoms with Gasteiger partial charge in [-0.15, -0.1) is 11.6 Å². The molecule has 0 aliphatic carbocycles. The molecule has 0 aliphatic rings. The number of rotatable bonds is 5. The third-order valence-corrected chi connectivity index (χ3v) is 2.92. The van der Waals surface area contributed by atoms with Crippen LogP contribution in [0.15, 0.2) is 18.2 Å². The zero-order valence-corrected chi connectivity index (χ0v) is 10.8. The molecule has 0 N–H and O–H groups in total. The lowest BCUT2D eigenvalue weighted by Crippen LogP contribution is -2.03. The van der Waals surface area contributed by atoms with Crippen LogP contribution in [0.1, 0.15) is 12.0 Å².